The molecule has 0 aromatic heterocycles. The minimum atomic E-state index is 0.523. The summed E-state index contributed by atoms with van der Waals surface area (Å²) in [5, 5.41) is 0. The zero-order valence-electron chi connectivity index (χ0n) is 8.41. The average Bonchev–Trinajstić information content (AvgIpc) is 2.08. The van der Waals surface area contributed by atoms with Crippen molar-refractivity contribution in [1.82, 2.24) is 0 Å². The van der Waals surface area contributed by atoms with Gasteiger partial charge in [0.15, 0.2) is 0 Å². The first kappa shape index (κ1) is 9.78. The summed E-state index contributed by atoms with van der Waals surface area (Å²) in [7, 11) is 1.75. The van der Waals surface area contributed by atoms with Gasteiger partial charge in [0, 0.05) is 24.5 Å². The van der Waals surface area contributed by atoms with Gasteiger partial charge < -0.3 is 5.73 Å². The highest BCUT2D eigenvalue weighted by molar-refractivity contribution is 5.86. The summed E-state index contributed by atoms with van der Waals surface area (Å²) >= 11 is 0. The van der Waals surface area contributed by atoms with Crippen LogP contribution in [-0.4, -0.2) is 13.3 Å². The van der Waals surface area contributed by atoms with Gasteiger partial charge in [-0.25, -0.2) is 0 Å². The molecule has 2 N–H and O–H groups in total. The van der Waals surface area contributed by atoms with Crippen molar-refractivity contribution in [1.29, 1.82) is 0 Å². The van der Waals surface area contributed by atoms with E-state index in [-0.39, 0.29) is 0 Å². The van der Waals surface area contributed by atoms with Crippen LogP contribution in [0.4, 0.5) is 5.69 Å². The van der Waals surface area contributed by atoms with Gasteiger partial charge in [-0.1, -0.05) is 26.0 Å². The van der Waals surface area contributed by atoms with Crippen molar-refractivity contribution in [3.8, 4) is 0 Å². The molecule has 1 rings (SSSR count). The van der Waals surface area contributed by atoms with Gasteiger partial charge in [0.2, 0.25) is 0 Å². The first-order chi connectivity index (χ1) is 6.15. The van der Waals surface area contributed by atoms with Crippen LogP contribution in [0.5, 0.6) is 0 Å². The minimum absolute atomic E-state index is 0.523. The fourth-order valence-electron chi connectivity index (χ4n) is 1.21. The Hall–Kier alpha value is -1.31. The minimum Gasteiger partial charge on any atom is -0.398 e. The molecule has 0 amide bonds. The van der Waals surface area contributed by atoms with Gasteiger partial charge in [-0.05, 0) is 17.5 Å². The third-order valence-electron chi connectivity index (χ3n) is 2.05. The van der Waals surface area contributed by atoms with E-state index >= 15 is 0 Å². The number of nitrogens with two attached hydrogens (primary N) is 1. The first-order valence-electron chi connectivity index (χ1n) is 4.46. The van der Waals surface area contributed by atoms with Gasteiger partial charge >= 0.3 is 0 Å². The molecular formula is C11H16N2. The second-order valence-electron chi connectivity index (χ2n) is 3.43. The maximum Gasteiger partial charge on any atom is 0.0405 e. The normalized spacial score (nSPS) is 11.4. The summed E-state index contributed by atoms with van der Waals surface area (Å²) in [6.45, 7) is 4.31. The largest absolute Gasteiger partial charge is 0.398 e. The highest BCUT2D eigenvalue weighted by Crippen LogP contribution is 2.19. The molecule has 0 spiro atoms. The second kappa shape index (κ2) is 4.08. The monoisotopic (exact) mass is 176 g/mol. The molecule has 0 radical (unpaired) electrons. The van der Waals surface area contributed by atoms with Crippen LogP contribution in [-0.2, 0) is 0 Å². The van der Waals surface area contributed by atoms with E-state index in [9.17, 15) is 0 Å². The molecule has 2 nitrogen and oxygen atoms in total. The van der Waals surface area contributed by atoms with Crippen LogP contribution < -0.4 is 5.73 Å². The Morgan fingerprint density at radius 1 is 1.38 bits per heavy atom. The molecule has 0 bridgehead atoms. The number of nitrogens with zero attached hydrogens (tertiary/aromatic N) is 1. The predicted octanol–water partition coefficient (Wildman–Crippen LogP) is 2.44. The SMILES string of the molecule is CN=Cc1ccc(C(C)C)cc1N. The van der Waals surface area contributed by atoms with Crippen molar-refractivity contribution in [2.75, 3.05) is 12.8 Å². The predicted molar refractivity (Wildman–Crippen MR) is 58.5 cm³/mol. The molecule has 1 aromatic carbocycles. The first-order valence-corrected chi connectivity index (χ1v) is 4.46. The van der Waals surface area contributed by atoms with Crippen LogP contribution in [0.3, 0.4) is 0 Å². The summed E-state index contributed by atoms with van der Waals surface area (Å²) in [5.41, 5.74) is 8.92. The van der Waals surface area contributed by atoms with E-state index < -0.39 is 0 Å². The van der Waals surface area contributed by atoms with Gasteiger partial charge in [-0.3, -0.25) is 4.99 Å². The van der Waals surface area contributed by atoms with Crippen LogP contribution in [0.2, 0.25) is 0 Å². The van der Waals surface area contributed by atoms with E-state index in [2.05, 4.69) is 24.9 Å². The van der Waals surface area contributed by atoms with Crippen LogP contribution in [0.25, 0.3) is 0 Å². The molecule has 13 heavy (non-hydrogen) atoms. The van der Waals surface area contributed by atoms with E-state index in [1.807, 2.05) is 12.1 Å². The molecule has 0 unspecified atom stereocenters. The van der Waals surface area contributed by atoms with Crippen LogP contribution in [0.1, 0.15) is 30.9 Å². The Kier molecular flexibility index (Phi) is 3.07. The van der Waals surface area contributed by atoms with Crippen LogP contribution in [0.15, 0.2) is 23.2 Å². The highest BCUT2D eigenvalue weighted by atomic mass is 14.6. The lowest BCUT2D eigenvalue weighted by molar-refractivity contribution is 0.867. The number of rotatable bonds is 2. The third-order valence-corrected chi connectivity index (χ3v) is 2.05. The van der Waals surface area contributed by atoms with Crippen molar-refractivity contribution < 1.29 is 0 Å². The van der Waals surface area contributed by atoms with Gasteiger partial charge in [0.25, 0.3) is 0 Å². The Morgan fingerprint density at radius 2 is 2.08 bits per heavy atom. The molecule has 0 heterocycles. The van der Waals surface area contributed by atoms with Crippen molar-refractivity contribution in [2.45, 2.75) is 19.8 Å². The van der Waals surface area contributed by atoms with E-state index in [0.29, 0.717) is 5.92 Å². The van der Waals surface area contributed by atoms with Crippen molar-refractivity contribution in [3.05, 3.63) is 29.3 Å². The lowest BCUT2D eigenvalue weighted by Crippen LogP contribution is -1.96. The van der Waals surface area contributed by atoms with Crippen LogP contribution >= 0.6 is 0 Å². The maximum atomic E-state index is 5.85. The van der Waals surface area contributed by atoms with Crippen molar-refractivity contribution in [2.24, 2.45) is 4.99 Å². The maximum absolute atomic E-state index is 5.85. The quantitative estimate of drug-likeness (QED) is 0.545. The fraction of sp³-hybridized carbons (Fsp3) is 0.364. The molecule has 0 aliphatic rings. The second-order valence-corrected chi connectivity index (χ2v) is 3.43. The Balaban J connectivity index is 3.05. The molecule has 0 atom stereocenters. The average molecular weight is 176 g/mol. The standard InChI is InChI=1S/C11H16N2/c1-8(2)9-4-5-10(7-13-3)11(12)6-9/h4-8H,12H2,1-3H3. The number of hydrogen-bond acceptors (Lipinski definition) is 2. The molecule has 1 aromatic rings. The smallest absolute Gasteiger partial charge is 0.0405 e. The number of hydrogen-bond donors (Lipinski definition) is 1. The summed E-state index contributed by atoms with van der Waals surface area (Å²) in [4.78, 5) is 3.94. The van der Waals surface area contributed by atoms with E-state index in [0.717, 1.165) is 11.3 Å². The zero-order valence-corrected chi connectivity index (χ0v) is 8.41. The van der Waals surface area contributed by atoms with E-state index in [1.54, 1.807) is 13.3 Å². The van der Waals surface area contributed by atoms with Gasteiger partial charge in [0.1, 0.15) is 0 Å². The summed E-state index contributed by atoms with van der Waals surface area (Å²) in [6.07, 6.45) is 1.78. The molecule has 0 saturated carbocycles. The number of aliphatic imine (C=N–C) groups is 1. The van der Waals surface area contributed by atoms with Crippen molar-refractivity contribution in [3.63, 3.8) is 0 Å². The number of anilines is 1. The summed E-state index contributed by atoms with van der Waals surface area (Å²) in [5.74, 6) is 0.523. The zero-order chi connectivity index (χ0) is 9.84. The lowest BCUT2D eigenvalue weighted by Gasteiger charge is -2.07. The van der Waals surface area contributed by atoms with Gasteiger partial charge in [-0.2, -0.15) is 0 Å². The highest BCUT2D eigenvalue weighted by Gasteiger charge is 2.01. The van der Waals surface area contributed by atoms with Gasteiger partial charge in [0.05, 0.1) is 0 Å². The Bertz CT molecular complexity index is 314. The van der Waals surface area contributed by atoms with Crippen molar-refractivity contribution >= 4 is 11.9 Å². The lowest BCUT2D eigenvalue weighted by atomic mass is 10.0. The topological polar surface area (TPSA) is 38.4 Å². The van der Waals surface area contributed by atoms with E-state index in [1.165, 1.54) is 5.56 Å². The number of benzene rings is 1. The molecule has 0 aliphatic heterocycles. The Morgan fingerprint density at radius 3 is 2.54 bits per heavy atom. The number of nitrogen functional groups attached to an aromatic ring is 1. The van der Waals surface area contributed by atoms with E-state index in [4.69, 9.17) is 5.73 Å². The molecule has 70 valence electrons. The van der Waals surface area contributed by atoms with Gasteiger partial charge in [-0.15, -0.1) is 0 Å². The summed E-state index contributed by atoms with van der Waals surface area (Å²) in [6, 6.07) is 6.12. The molecule has 2 heteroatoms. The molecule has 0 aliphatic carbocycles. The molecule has 0 fully saturated rings. The molecular weight excluding hydrogens is 160 g/mol. The fourth-order valence-corrected chi connectivity index (χ4v) is 1.21. The third kappa shape index (κ3) is 2.31. The molecule has 0 saturated heterocycles. The Labute approximate surface area is 79.5 Å². The van der Waals surface area contributed by atoms with Crippen LogP contribution in [0, 0.1) is 0 Å². The summed E-state index contributed by atoms with van der Waals surface area (Å²) < 4.78 is 0.